The monoisotopic (exact) mass is 298 g/mol. The molecular formula is C14H22N2O3S. The average Bonchev–Trinajstić information content (AvgIpc) is 3.06. The minimum atomic E-state index is -0.159. The summed E-state index contributed by atoms with van der Waals surface area (Å²) in [5, 5.41) is 6.39. The smallest absolute Gasteiger partial charge is 0.306 e. The van der Waals surface area contributed by atoms with Crippen molar-refractivity contribution in [3.63, 3.8) is 0 Å². The number of hydrogen-bond donors (Lipinski definition) is 1. The summed E-state index contributed by atoms with van der Waals surface area (Å²) in [6.07, 6.45) is 4.67. The Balaban J connectivity index is 1.76. The molecule has 20 heavy (non-hydrogen) atoms. The van der Waals surface area contributed by atoms with E-state index in [1.54, 1.807) is 18.4 Å². The van der Waals surface area contributed by atoms with E-state index in [1.165, 1.54) is 0 Å². The van der Waals surface area contributed by atoms with Crippen molar-refractivity contribution in [2.24, 2.45) is 0 Å². The molecular weight excluding hydrogens is 276 g/mol. The van der Waals surface area contributed by atoms with Crippen molar-refractivity contribution >= 4 is 22.4 Å². The molecule has 6 heteroatoms. The molecule has 1 aromatic rings. The Hall–Kier alpha value is -1.14. The Kier molecular flexibility index (Phi) is 5.79. The van der Waals surface area contributed by atoms with Crippen molar-refractivity contribution in [3.05, 3.63) is 11.1 Å². The number of rotatable bonds is 7. The Morgan fingerprint density at radius 3 is 3.10 bits per heavy atom. The number of aryl methyl sites for hydroxylation is 1. The molecule has 0 saturated heterocycles. The molecule has 1 N–H and O–H groups in total. The fraction of sp³-hybridized carbons (Fsp3) is 0.714. The first kappa shape index (κ1) is 15.3. The average molecular weight is 298 g/mol. The van der Waals surface area contributed by atoms with E-state index in [0.29, 0.717) is 31.6 Å². The second kappa shape index (κ2) is 7.59. The number of nitrogens with zero attached hydrogens (tertiary/aromatic N) is 1. The molecule has 0 amide bonds. The number of hydrogen-bond acceptors (Lipinski definition) is 6. The minimum absolute atomic E-state index is 0.159. The predicted octanol–water partition coefficient (Wildman–Crippen LogP) is 2.62. The molecule has 2 atom stereocenters. The molecule has 1 aliphatic carbocycles. The molecule has 0 bridgehead atoms. The van der Waals surface area contributed by atoms with E-state index in [2.05, 4.69) is 10.3 Å². The van der Waals surface area contributed by atoms with Gasteiger partial charge in [0.1, 0.15) is 0 Å². The van der Waals surface area contributed by atoms with Crippen LogP contribution in [0, 0.1) is 0 Å². The number of anilines is 1. The van der Waals surface area contributed by atoms with Crippen LogP contribution in [-0.4, -0.2) is 36.8 Å². The van der Waals surface area contributed by atoms with E-state index in [-0.39, 0.29) is 5.97 Å². The number of thiazole rings is 1. The summed E-state index contributed by atoms with van der Waals surface area (Å²) < 4.78 is 10.3. The Morgan fingerprint density at radius 1 is 1.55 bits per heavy atom. The molecule has 112 valence electrons. The molecule has 0 radical (unpaired) electrons. The van der Waals surface area contributed by atoms with E-state index >= 15 is 0 Å². The van der Waals surface area contributed by atoms with Crippen LogP contribution in [0.4, 0.5) is 5.13 Å². The number of carbonyl (C=O) groups excluding carboxylic acids is 1. The summed E-state index contributed by atoms with van der Waals surface area (Å²) in [4.78, 5) is 15.8. The van der Waals surface area contributed by atoms with Gasteiger partial charge in [0.05, 0.1) is 24.8 Å². The van der Waals surface area contributed by atoms with Gasteiger partial charge in [-0.3, -0.25) is 4.79 Å². The number of carbonyl (C=O) groups is 1. The van der Waals surface area contributed by atoms with Crippen LogP contribution in [0.25, 0.3) is 0 Å². The Bertz CT molecular complexity index is 436. The lowest BCUT2D eigenvalue weighted by molar-refractivity contribution is -0.143. The van der Waals surface area contributed by atoms with Crippen LogP contribution in [0.15, 0.2) is 5.38 Å². The Labute approximate surface area is 123 Å². The molecule has 0 spiro atoms. The van der Waals surface area contributed by atoms with Gasteiger partial charge < -0.3 is 14.8 Å². The zero-order chi connectivity index (χ0) is 14.4. The molecule has 2 rings (SSSR count). The van der Waals surface area contributed by atoms with Gasteiger partial charge in [-0.1, -0.05) is 0 Å². The van der Waals surface area contributed by atoms with Crippen LogP contribution in [0.5, 0.6) is 0 Å². The standard InChI is InChI=1S/C14H22N2O3S/c1-3-19-13(17)7-5-11-9-20-14(16-11)15-10-4-6-12(8-10)18-2/h9-10,12H,3-8H2,1-2H3,(H,15,16). The summed E-state index contributed by atoms with van der Waals surface area (Å²) in [6, 6.07) is 0.448. The third-order valence-corrected chi connectivity index (χ3v) is 4.31. The summed E-state index contributed by atoms with van der Waals surface area (Å²) in [5.74, 6) is -0.159. The molecule has 5 nitrogen and oxygen atoms in total. The first-order valence-corrected chi connectivity index (χ1v) is 7.98. The maximum Gasteiger partial charge on any atom is 0.306 e. The van der Waals surface area contributed by atoms with Crippen LogP contribution in [0.1, 0.15) is 38.3 Å². The maximum atomic E-state index is 11.3. The van der Waals surface area contributed by atoms with Gasteiger partial charge in [0.15, 0.2) is 5.13 Å². The minimum Gasteiger partial charge on any atom is -0.466 e. The zero-order valence-corrected chi connectivity index (χ0v) is 12.9. The van der Waals surface area contributed by atoms with Gasteiger partial charge in [-0.2, -0.15) is 0 Å². The maximum absolute atomic E-state index is 11.3. The molecule has 1 fully saturated rings. The molecule has 1 aromatic heterocycles. The largest absolute Gasteiger partial charge is 0.466 e. The summed E-state index contributed by atoms with van der Waals surface area (Å²) in [6.45, 7) is 2.25. The van der Waals surface area contributed by atoms with Gasteiger partial charge in [0, 0.05) is 25.0 Å². The van der Waals surface area contributed by atoms with Crippen molar-refractivity contribution in [1.82, 2.24) is 4.98 Å². The van der Waals surface area contributed by atoms with Gasteiger partial charge >= 0.3 is 5.97 Å². The predicted molar refractivity (Wildman–Crippen MR) is 79.1 cm³/mol. The summed E-state index contributed by atoms with van der Waals surface area (Å²) in [7, 11) is 1.77. The highest BCUT2D eigenvalue weighted by Gasteiger charge is 2.24. The highest BCUT2D eigenvalue weighted by Crippen LogP contribution is 2.26. The van der Waals surface area contributed by atoms with Crippen LogP contribution in [0.2, 0.25) is 0 Å². The molecule has 1 aliphatic rings. The van der Waals surface area contributed by atoms with Crippen molar-refractivity contribution in [3.8, 4) is 0 Å². The number of nitrogens with one attached hydrogen (secondary N) is 1. The molecule has 0 aliphatic heterocycles. The summed E-state index contributed by atoms with van der Waals surface area (Å²) in [5.41, 5.74) is 0.951. The lowest BCUT2D eigenvalue weighted by Crippen LogP contribution is -2.17. The van der Waals surface area contributed by atoms with Gasteiger partial charge in [-0.15, -0.1) is 11.3 Å². The number of aromatic nitrogens is 1. The summed E-state index contributed by atoms with van der Waals surface area (Å²) >= 11 is 1.60. The fourth-order valence-corrected chi connectivity index (χ4v) is 3.23. The lowest BCUT2D eigenvalue weighted by atomic mass is 10.2. The van der Waals surface area contributed by atoms with Crippen molar-refractivity contribution in [1.29, 1.82) is 0 Å². The lowest BCUT2D eigenvalue weighted by Gasteiger charge is -2.11. The van der Waals surface area contributed by atoms with E-state index in [4.69, 9.17) is 9.47 Å². The van der Waals surface area contributed by atoms with Gasteiger partial charge in [0.25, 0.3) is 0 Å². The third-order valence-electron chi connectivity index (χ3n) is 3.49. The third kappa shape index (κ3) is 4.45. The zero-order valence-electron chi connectivity index (χ0n) is 12.1. The second-order valence-corrected chi connectivity index (χ2v) is 5.82. The highest BCUT2D eigenvalue weighted by atomic mass is 32.1. The van der Waals surface area contributed by atoms with E-state index in [9.17, 15) is 4.79 Å². The quantitative estimate of drug-likeness (QED) is 0.784. The highest BCUT2D eigenvalue weighted by molar-refractivity contribution is 7.13. The molecule has 2 unspecified atom stereocenters. The Morgan fingerprint density at radius 2 is 2.40 bits per heavy atom. The fourth-order valence-electron chi connectivity index (χ4n) is 2.41. The van der Waals surface area contributed by atoms with E-state index in [1.807, 2.05) is 12.3 Å². The number of esters is 1. The van der Waals surface area contributed by atoms with Crippen LogP contribution in [-0.2, 0) is 20.7 Å². The van der Waals surface area contributed by atoms with Crippen LogP contribution in [0.3, 0.4) is 0 Å². The van der Waals surface area contributed by atoms with E-state index in [0.717, 1.165) is 30.1 Å². The first-order chi connectivity index (χ1) is 9.71. The van der Waals surface area contributed by atoms with Crippen LogP contribution < -0.4 is 5.32 Å². The van der Waals surface area contributed by atoms with Crippen molar-refractivity contribution in [2.45, 2.75) is 51.2 Å². The topological polar surface area (TPSA) is 60.5 Å². The van der Waals surface area contributed by atoms with Crippen molar-refractivity contribution < 1.29 is 14.3 Å². The SMILES string of the molecule is CCOC(=O)CCc1csc(NC2CCC(OC)C2)n1. The number of ether oxygens (including phenoxy) is 2. The second-order valence-electron chi connectivity index (χ2n) is 4.96. The van der Waals surface area contributed by atoms with Crippen LogP contribution >= 0.6 is 11.3 Å². The van der Waals surface area contributed by atoms with Gasteiger partial charge in [-0.25, -0.2) is 4.98 Å². The molecule has 1 saturated carbocycles. The molecule has 1 heterocycles. The number of methoxy groups -OCH3 is 1. The van der Waals surface area contributed by atoms with Gasteiger partial charge in [0.2, 0.25) is 0 Å². The molecule has 0 aromatic carbocycles. The van der Waals surface area contributed by atoms with E-state index < -0.39 is 0 Å². The first-order valence-electron chi connectivity index (χ1n) is 7.10. The normalized spacial score (nSPS) is 21.9. The van der Waals surface area contributed by atoms with Crippen molar-refractivity contribution in [2.75, 3.05) is 19.0 Å². The van der Waals surface area contributed by atoms with Gasteiger partial charge in [-0.05, 0) is 26.2 Å².